The first-order valence-electron chi connectivity index (χ1n) is 4.22. The molecule has 1 rings (SSSR count). The highest BCUT2D eigenvalue weighted by molar-refractivity contribution is 7.89. The molecule has 0 unspecified atom stereocenters. The van der Waals surface area contributed by atoms with Crippen LogP contribution in [0.1, 0.15) is 0 Å². The van der Waals surface area contributed by atoms with E-state index in [0.717, 1.165) is 0 Å². The zero-order valence-electron chi connectivity index (χ0n) is 8.27. The summed E-state index contributed by atoms with van der Waals surface area (Å²) in [5.74, 6) is 0. The van der Waals surface area contributed by atoms with Crippen molar-refractivity contribution in [3.8, 4) is 0 Å². The maximum absolute atomic E-state index is 11.6. The molecule has 0 atom stereocenters. The van der Waals surface area contributed by atoms with Crippen molar-refractivity contribution in [2.75, 3.05) is 20.8 Å². The molecule has 0 saturated heterocycles. The molecule has 14 heavy (non-hydrogen) atoms. The largest absolute Gasteiger partial charge is 0.296 e. The topological polar surface area (TPSA) is 49.4 Å². The normalized spacial score (nSPS) is 11.9. The Morgan fingerprint density at radius 2 is 1.79 bits per heavy atom. The summed E-state index contributed by atoms with van der Waals surface area (Å²) in [6.45, 7) is 0.303. The minimum Gasteiger partial charge on any atom is -0.296 e. The molecule has 78 valence electrons. The fraction of sp³-hybridized carbons (Fsp3) is 0.333. The van der Waals surface area contributed by atoms with Crippen LogP contribution in [0, 0.1) is 0 Å². The summed E-state index contributed by atoms with van der Waals surface area (Å²) in [4.78, 5) is 2.04. The predicted octanol–water partition coefficient (Wildman–Crippen LogP) is 0.484. The number of nitrogens with one attached hydrogen (secondary N) is 1. The van der Waals surface area contributed by atoms with Gasteiger partial charge >= 0.3 is 0 Å². The first-order valence-corrected chi connectivity index (χ1v) is 5.70. The highest BCUT2D eigenvalue weighted by Gasteiger charge is 2.11. The highest BCUT2D eigenvalue weighted by Crippen LogP contribution is 2.06. The minimum atomic E-state index is -3.35. The van der Waals surface area contributed by atoms with E-state index < -0.39 is 10.0 Å². The van der Waals surface area contributed by atoms with E-state index in [4.69, 9.17) is 0 Å². The number of nitrogens with zero attached hydrogens (tertiary/aromatic N) is 1. The molecule has 0 radical (unpaired) electrons. The van der Waals surface area contributed by atoms with Gasteiger partial charge in [-0.3, -0.25) is 4.90 Å². The third-order valence-corrected chi connectivity index (χ3v) is 3.03. The van der Waals surface area contributed by atoms with Crippen molar-refractivity contribution in [1.82, 2.24) is 9.62 Å². The standard InChI is InChI=1S/C9H14N2O2S/c1-11(2)8-10-14(12,13)9-6-4-3-5-7-9/h3-7,10H,8H2,1-2H3. The molecule has 0 aliphatic rings. The van der Waals surface area contributed by atoms with Gasteiger partial charge in [0.15, 0.2) is 0 Å². The summed E-state index contributed by atoms with van der Waals surface area (Å²) in [5.41, 5.74) is 0. The molecule has 1 N–H and O–H groups in total. The summed E-state index contributed by atoms with van der Waals surface area (Å²) in [6.07, 6.45) is 0. The maximum atomic E-state index is 11.6. The summed E-state index contributed by atoms with van der Waals surface area (Å²) in [7, 11) is 0.251. The average molecular weight is 214 g/mol. The average Bonchev–Trinajstić information content (AvgIpc) is 2.16. The fourth-order valence-corrected chi connectivity index (χ4v) is 2.01. The van der Waals surface area contributed by atoms with E-state index in [9.17, 15) is 8.42 Å². The predicted molar refractivity (Wildman–Crippen MR) is 55.3 cm³/mol. The van der Waals surface area contributed by atoms with Crippen LogP contribution in [0.3, 0.4) is 0 Å². The third-order valence-electron chi connectivity index (χ3n) is 1.62. The lowest BCUT2D eigenvalue weighted by atomic mass is 10.4. The lowest BCUT2D eigenvalue weighted by Gasteiger charge is -2.11. The molecule has 0 aliphatic carbocycles. The zero-order valence-corrected chi connectivity index (χ0v) is 9.08. The van der Waals surface area contributed by atoms with E-state index in [-0.39, 0.29) is 0 Å². The Morgan fingerprint density at radius 1 is 1.21 bits per heavy atom. The van der Waals surface area contributed by atoms with Crippen LogP contribution in [0.2, 0.25) is 0 Å². The van der Waals surface area contributed by atoms with E-state index in [1.165, 1.54) is 0 Å². The van der Waals surface area contributed by atoms with Crippen LogP contribution in [0.5, 0.6) is 0 Å². The van der Waals surface area contributed by atoms with Crippen LogP contribution in [0.4, 0.5) is 0 Å². The molecule has 0 bridgehead atoms. The molecule has 0 spiro atoms. The Labute approximate surface area is 84.6 Å². The van der Waals surface area contributed by atoms with Crippen LogP contribution < -0.4 is 4.72 Å². The van der Waals surface area contributed by atoms with Crippen LogP contribution in [-0.2, 0) is 10.0 Å². The van der Waals surface area contributed by atoms with Gasteiger partial charge in [-0.1, -0.05) is 18.2 Å². The second kappa shape index (κ2) is 4.54. The van der Waals surface area contributed by atoms with E-state index in [1.807, 2.05) is 0 Å². The van der Waals surface area contributed by atoms with E-state index in [0.29, 0.717) is 11.6 Å². The van der Waals surface area contributed by atoms with Crippen molar-refractivity contribution >= 4 is 10.0 Å². The third kappa shape index (κ3) is 3.10. The second-order valence-electron chi connectivity index (χ2n) is 3.20. The monoisotopic (exact) mass is 214 g/mol. The van der Waals surface area contributed by atoms with Gasteiger partial charge < -0.3 is 0 Å². The lowest BCUT2D eigenvalue weighted by Crippen LogP contribution is -2.33. The smallest absolute Gasteiger partial charge is 0.241 e. The first-order chi connectivity index (χ1) is 6.52. The van der Waals surface area contributed by atoms with Gasteiger partial charge in [0.05, 0.1) is 11.6 Å². The van der Waals surface area contributed by atoms with Gasteiger partial charge in [-0.2, -0.15) is 4.72 Å². The Hall–Kier alpha value is -0.910. The van der Waals surface area contributed by atoms with Crippen molar-refractivity contribution in [3.63, 3.8) is 0 Å². The lowest BCUT2D eigenvalue weighted by molar-refractivity contribution is 0.399. The number of hydrogen-bond acceptors (Lipinski definition) is 3. The van der Waals surface area contributed by atoms with Crippen molar-refractivity contribution < 1.29 is 8.42 Å². The van der Waals surface area contributed by atoms with Crippen molar-refractivity contribution in [1.29, 1.82) is 0 Å². The Bertz CT molecular complexity index is 373. The number of rotatable bonds is 4. The molecule has 1 aromatic carbocycles. The van der Waals surface area contributed by atoms with Crippen molar-refractivity contribution in [2.45, 2.75) is 4.90 Å². The van der Waals surface area contributed by atoms with Gasteiger partial charge in [-0.15, -0.1) is 0 Å². The molecule has 0 fully saturated rings. The molecule has 0 amide bonds. The quantitative estimate of drug-likeness (QED) is 0.742. The zero-order chi connectivity index (χ0) is 10.6. The maximum Gasteiger partial charge on any atom is 0.241 e. The summed E-state index contributed by atoms with van der Waals surface area (Å²) >= 11 is 0. The Morgan fingerprint density at radius 3 is 2.29 bits per heavy atom. The SMILES string of the molecule is CN(C)CNS(=O)(=O)c1ccccc1. The molecular weight excluding hydrogens is 200 g/mol. The molecule has 0 heterocycles. The van der Waals surface area contributed by atoms with E-state index in [1.54, 1.807) is 49.3 Å². The van der Waals surface area contributed by atoms with E-state index in [2.05, 4.69) is 4.72 Å². The van der Waals surface area contributed by atoms with Crippen molar-refractivity contribution in [2.24, 2.45) is 0 Å². The van der Waals surface area contributed by atoms with Crippen LogP contribution in [0.15, 0.2) is 35.2 Å². The molecule has 0 aromatic heterocycles. The van der Waals surface area contributed by atoms with Gasteiger partial charge in [0.25, 0.3) is 0 Å². The first kappa shape index (κ1) is 11.2. The second-order valence-corrected chi connectivity index (χ2v) is 4.97. The van der Waals surface area contributed by atoms with Crippen LogP contribution in [0.25, 0.3) is 0 Å². The Balaban J connectivity index is 2.77. The summed E-state index contributed by atoms with van der Waals surface area (Å²) < 4.78 is 25.7. The van der Waals surface area contributed by atoms with E-state index >= 15 is 0 Å². The van der Waals surface area contributed by atoms with Crippen LogP contribution in [-0.4, -0.2) is 34.1 Å². The fourth-order valence-electron chi connectivity index (χ4n) is 0.897. The van der Waals surface area contributed by atoms with Gasteiger partial charge in [0.1, 0.15) is 0 Å². The molecule has 4 nitrogen and oxygen atoms in total. The number of hydrogen-bond donors (Lipinski definition) is 1. The van der Waals surface area contributed by atoms with Gasteiger partial charge in [-0.05, 0) is 26.2 Å². The molecule has 0 saturated carbocycles. The molecule has 5 heteroatoms. The Kier molecular flexibility index (Phi) is 3.62. The highest BCUT2D eigenvalue weighted by atomic mass is 32.2. The minimum absolute atomic E-state index is 0.293. The number of benzene rings is 1. The van der Waals surface area contributed by atoms with Gasteiger partial charge in [-0.25, -0.2) is 8.42 Å². The summed E-state index contributed by atoms with van der Waals surface area (Å²) in [6, 6.07) is 8.31. The van der Waals surface area contributed by atoms with Gasteiger partial charge in [0, 0.05) is 0 Å². The molecule has 1 aromatic rings. The molecule has 0 aliphatic heterocycles. The van der Waals surface area contributed by atoms with Crippen molar-refractivity contribution in [3.05, 3.63) is 30.3 Å². The number of sulfonamides is 1. The van der Waals surface area contributed by atoms with Crippen LogP contribution >= 0.6 is 0 Å². The summed E-state index contributed by atoms with van der Waals surface area (Å²) in [5, 5.41) is 0. The molecular formula is C9H14N2O2S. The van der Waals surface area contributed by atoms with Gasteiger partial charge in [0.2, 0.25) is 10.0 Å².